The zero-order valence-electron chi connectivity index (χ0n) is 11.7. The zero-order chi connectivity index (χ0) is 14.5. The van der Waals surface area contributed by atoms with Crippen LogP contribution in [0.4, 0.5) is 0 Å². The fourth-order valence-electron chi connectivity index (χ4n) is 2.38. The first-order chi connectivity index (χ1) is 9.72. The van der Waals surface area contributed by atoms with Crippen molar-refractivity contribution in [1.82, 2.24) is 9.55 Å². The number of rotatable bonds is 6. The first-order valence-corrected chi connectivity index (χ1v) is 6.85. The van der Waals surface area contributed by atoms with Gasteiger partial charge in [-0.3, -0.25) is 0 Å². The largest absolute Gasteiger partial charge is 0.390 e. The van der Waals surface area contributed by atoms with E-state index in [9.17, 15) is 10.2 Å². The molecule has 1 aromatic carbocycles. The van der Waals surface area contributed by atoms with Crippen LogP contribution in [0, 0.1) is 0 Å². The summed E-state index contributed by atoms with van der Waals surface area (Å²) < 4.78 is 1.84. The van der Waals surface area contributed by atoms with E-state index in [1.54, 1.807) is 0 Å². The smallest absolute Gasteiger partial charge is 0.141 e. The molecule has 4 N–H and O–H groups in total. The summed E-state index contributed by atoms with van der Waals surface area (Å²) in [5, 5.41) is 19.0. The molecule has 0 bridgehead atoms. The average Bonchev–Trinajstić information content (AvgIpc) is 2.87. The quantitative estimate of drug-likeness (QED) is 0.750. The Labute approximate surface area is 118 Å². The van der Waals surface area contributed by atoms with Crippen molar-refractivity contribution in [2.45, 2.75) is 39.1 Å². The Balaban J connectivity index is 2.58. The van der Waals surface area contributed by atoms with Crippen molar-refractivity contribution in [3.63, 3.8) is 0 Å². The van der Waals surface area contributed by atoms with Crippen molar-refractivity contribution in [3.05, 3.63) is 41.7 Å². The van der Waals surface area contributed by atoms with Crippen LogP contribution in [0.2, 0.25) is 0 Å². The molecule has 0 aliphatic carbocycles. The Morgan fingerprint density at radius 1 is 1.20 bits per heavy atom. The summed E-state index contributed by atoms with van der Waals surface area (Å²) in [6, 6.07) is 9.68. The molecule has 0 radical (unpaired) electrons. The summed E-state index contributed by atoms with van der Waals surface area (Å²) in [7, 11) is 0. The number of aliphatic hydroxyl groups is 2. The molecule has 1 atom stereocenters. The lowest BCUT2D eigenvalue weighted by Gasteiger charge is -2.18. The van der Waals surface area contributed by atoms with Gasteiger partial charge in [0.25, 0.3) is 0 Å². The highest BCUT2D eigenvalue weighted by Crippen LogP contribution is 2.26. The molecule has 0 aliphatic heterocycles. The monoisotopic (exact) mass is 275 g/mol. The fourth-order valence-corrected chi connectivity index (χ4v) is 2.38. The van der Waals surface area contributed by atoms with E-state index in [2.05, 4.69) is 11.9 Å². The highest BCUT2D eigenvalue weighted by Gasteiger charge is 2.20. The Bertz CT molecular complexity index is 552. The van der Waals surface area contributed by atoms with Crippen LogP contribution < -0.4 is 5.73 Å². The number of hydrogen-bond donors (Lipinski definition) is 3. The number of aromatic nitrogens is 2. The summed E-state index contributed by atoms with van der Waals surface area (Å²) in [6.45, 7) is 1.67. The van der Waals surface area contributed by atoms with E-state index < -0.39 is 0 Å². The van der Waals surface area contributed by atoms with Crippen LogP contribution in [0.15, 0.2) is 30.3 Å². The van der Waals surface area contributed by atoms with Crippen molar-refractivity contribution < 1.29 is 10.2 Å². The van der Waals surface area contributed by atoms with Crippen LogP contribution in [-0.4, -0.2) is 19.8 Å². The maximum atomic E-state index is 9.58. The standard InChI is InChI=1S/C15H21N3O2/c1-2-6-14(16)18-13(10-20)12(9-19)17-15(18)11-7-4-3-5-8-11/h3-5,7-8,14,19-20H,2,6,9-10,16H2,1H3. The fraction of sp³-hybridized carbons (Fsp3) is 0.400. The Morgan fingerprint density at radius 3 is 2.45 bits per heavy atom. The second-order valence-corrected chi connectivity index (χ2v) is 4.74. The highest BCUT2D eigenvalue weighted by atomic mass is 16.3. The summed E-state index contributed by atoms with van der Waals surface area (Å²) in [4.78, 5) is 4.45. The van der Waals surface area contributed by atoms with Crippen molar-refractivity contribution in [1.29, 1.82) is 0 Å². The molecule has 1 aromatic heterocycles. The zero-order valence-corrected chi connectivity index (χ0v) is 11.7. The van der Waals surface area contributed by atoms with Gasteiger partial charge in [0.2, 0.25) is 0 Å². The van der Waals surface area contributed by atoms with E-state index in [1.165, 1.54) is 0 Å². The van der Waals surface area contributed by atoms with Crippen molar-refractivity contribution in [2.24, 2.45) is 5.73 Å². The van der Waals surface area contributed by atoms with Gasteiger partial charge in [0.1, 0.15) is 5.82 Å². The second-order valence-electron chi connectivity index (χ2n) is 4.74. The van der Waals surface area contributed by atoms with Gasteiger partial charge >= 0.3 is 0 Å². The number of aliphatic hydroxyl groups excluding tert-OH is 2. The van der Waals surface area contributed by atoms with E-state index in [0.29, 0.717) is 17.2 Å². The summed E-state index contributed by atoms with van der Waals surface area (Å²) in [5.74, 6) is 0.694. The van der Waals surface area contributed by atoms with Gasteiger partial charge in [-0.1, -0.05) is 43.7 Å². The van der Waals surface area contributed by atoms with Gasteiger partial charge in [-0.05, 0) is 6.42 Å². The van der Waals surface area contributed by atoms with E-state index in [-0.39, 0.29) is 19.4 Å². The van der Waals surface area contributed by atoms with Crippen LogP contribution in [0.25, 0.3) is 11.4 Å². The number of nitrogens with two attached hydrogens (primary N) is 1. The Morgan fingerprint density at radius 2 is 1.90 bits per heavy atom. The molecule has 0 spiro atoms. The molecule has 0 fully saturated rings. The average molecular weight is 275 g/mol. The van der Waals surface area contributed by atoms with E-state index in [1.807, 2.05) is 34.9 Å². The van der Waals surface area contributed by atoms with E-state index in [0.717, 1.165) is 18.4 Å². The number of nitrogens with zero attached hydrogens (tertiary/aromatic N) is 2. The third-order valence-electron chi connectivity index (χ3n) is 3.34. The topological polar surface area (TPSA) is 84.3 Å². The van der Waals surface area contributed by atoms with Crippen LogP contribution in [0.1, 0.15) is 37.3 Å². The lowest BCUT2D eigenvalue weighted by atomic mass is 10.2. The van der Waals surface area contributed by atoms with Gasteiger partial charge in [-0.25, -0.2) is 4.98 Å². The minimum absolute atomic E-state index is 0.187. The molecule has 0 saturated heterocycles. The molecular formula is C15H21N3O2. The molecule has 0 aliphatic rings. The predicted octanol–water partition coefficient (Wildman–Crippen LogP) is 1.79. The molecule has 2 rings (SSSR count). The molecular weight excluding hydrogens is 254 g/mol. The van der Waals surface area contributed by atoms with Crippen LogP contribution in [0.3, 0.4) is 0 Å². The second kappa shape index (κ2) is 6.65. The number of hydrogen-bond acceptors (Lipinski definition) is 4. The molecule has 0 saturated carbocycles. The molecule has 1 heterocycles. The van der Waals surface area contributed by atoms with E-state index >= 15 is 0 Å². The molecule has 5 nitrogen and oxygen atoms in total. The Hall–Kier alpha value is -1.69. The van der Waals surface area contributed by atoms with Crippen LogP contribution >= 0.6 is 0 Å². The molecule has 108 valence electrons. The molecule has 0 amide bonds. The summed E-state index contributed by atoms with van der Waals surface area (Å²) >= 11 is 0. The summed E-state index contributed by atoms with van der Waals surface area (Å²) in [5.41, 5.74) is 8.22. The van der Waals surface area contributed by atoms with E-state index in [4.69, 9.17) is 5.73 Å². The first-order valence-electron chi connectivity index (χ1n) is 6.85. The third-order valence-corrected chi connectivity index (χ3v) is 3.34. The highest BCUT2D eigenvalue weighted by molar-refractivity contribution is 5.57. The van der Waals surface area contributed by atoms with Gasteiger partial charge in [0.05, 0.1) is 30.8 Å². The molecule has 1 unspecified atom stereocenters. The minimum atomic E-state index is -0.259. The minimum Gasteiger partial charge on any atom is -0.390 e. The first kappa shape index (κ1) is 14.7. The summed E-state index contributed by atoms with van der Waals surface area (Å²) in [6.07, 6.45) is 1.46. The third kappa shape index (κ3) is 2.75. The van der Waals surface area contributed by atoms with Crippen molar-refractivity contribution in [2.75, 3.05) is 0 Å². The number of imidazole rings is 1. The van der Waals surface area contributed by atoms with Crippen LogP contribution in [-0.2, 0) is 13.2 Å². The van der Waals surface area contributed by atoms with Gasteiger partial charge in [0.15, 0.2) is 0 Å². The molecule has 20 heavy (non-hydrogen) atoms. The van der Waals surface area contributed by atoms with Gasteiger partial charge < -0.3 is 20.5 Å². The van der Waals surface area contributed by atoms with Crippen molar-refractivity contribution in [3.8, 4) is 11.4 Å². The van der Waals surface area contributed by atoms with Gasteiger partial charge in [0, 0.05) is 5.56 Å². The maximum Gasteiger partial charge on any atom is 0.141 e. The van der Waals surface area contributed by atoms with Gasteiger partial charge in [-0.15, -0.1) is 0 Å². The number of benzene rings is 1. The Kier molecular flexibility index (Phi) is 4.89. The van der Waals surface area contributed by atoms with Gasteiger partial charge in [-0.2, -0.15) is 0 Å². The molecule has 2 aromatic rings. The van der Waals surface area contributed by atoms with Crippen LogP contribution in [0.5, 0.6) is 0 Å². The normalized spacial score (nSPS) is 12.6. The maximum absolute atomic E-state index is 9.58. The SMILES string of the molecule is CCCC(N)n1c(-c2ccccc2)nc(CO)c1CO. The lowest BCUT2D eigenvalue weighted by molar-refractivity contribution is 0.246. The predicted molar refractivity (Wildman–Crippen MR) is 77.6 cm³/mol. The lowest BCUT2D eigenvalue weighted by Crippen LogP contribution is -2.21. The molecule has 5 heteroatoms. The van der Waals surface area contributed by atoms with Crippen molar-refractivity contribution >= 4 is 0 Å².